The van der Waals surface area contributed by atoms with Crippen molar-refractivity contribution in [2.75, 3.05) is 0 Å². The highest BCUT2D eigenvalue weighted by molar-refractivity contribution is 14.1. The fourth-order valence-electron chi connectivity index (χ4n) is 2.92. The van der Waals surface area contributed by atoms with Gasteiger partial charge in [0.15, 0.2) is 0 Å². The van der Waals surface area contributed by atoms with E-state index in [0.29, 0.717) is 6.54 Å². The van der Waals surface area contributed by atoms with E-state index in [-0.39, 0.29) is 5.91 Å². The smallest absolute Gasteiger partial charge is 0.255 e. The highest BCUT2D eigenvalue weighted by Crippen LogP contribution is 2.28. The van der Waals surface area contributed by atoms with E-state index in [1.165, 1.54) is 24.0 Å². The van der Waals surface area contributed by atoms with Crippen molar-refractivity contribution in [3.63, 3.8) is 0 Å². The zero-order valence-electron chi connectivity index (χ0n) is 12.8. The average molecular weight is 405 g/mol. The number of amides is 1. The van der Waals surface area contributed by atoms with Crippen LogP contribution in [0.3, 0.4) is 0 Å². The normalized spacial score (nSPS) is 13.5. The highest BCUT2D eigenvalue weighted by Gasteiger charge is 2.28. The van der Waals surface area contributed by atoms with E-state index < -0.39 is 0 Å². The molecule has 2 aromatic rings. The second-order valence-corrected chi connectivity index (χ2v) is 7.02. The van der Waals surface area contributed by atoms with Gasteiger partial charge in [0.25, 0.3) is 5.91 Å². The van der Waals surface area contributed by atoms with Crippen LogP contribution in [0.5, 0.6) is 0 Å². The number of hydrogen-bond acceptors (Lipinski definition) is 1. The largest absolute Gasteiger partial charge is 0.330 e. The zero-order chi connectivity index (χ0) is 15.5. The number of unbranched alkanes of at least 4 members (excludes halogenated alkanes) is 1. The van der Waals surface area contributed by atoms with E-state index in [2.05, 4.69) is 59.8 Å². The van der Waals surface area contributed by atoms with Crippen LogP contribution in [0, 0.1) is 3.57 Å². The molecule has 0 spiro atoms. The summed E-state index contributed by atoms with van der Waals surface area (Å²) in [6.07, 6.45) is 3.60. The van der Waals surface area contributed by atoms with Gasteiger partial charge in [-0.2, -0.15) is 0 Å². The summed E-state index contributed by atoms with van der Waals surface area (Å²) >= 11 is 2.25. The van der Waals surface area contributed by atoms with Crippen molar-refractivity contribution in [3.8, 4) is 0 Å². The van der Waals surface area contributed by atoms with Gasteiger partial charge in [0.05, 0.1) is 5.56 Å². The molecule has 1 aliphatic rings. The molecule has 0 radical (unpaired) electrons. The van der Waals surface area contributed by atoms with Gasteiger partial charge < -0.3 is 4.90 Å². The third kappa shape index (κ3) is 3.19. The number of halogens is 1. The molecule has 22 heavy (non-hydrogen) atoms. The molecule has 1 heterocycles. The summed E-state index contributed by atoms with van der Waals surface area (Å²) in [5.74, 6) is 0.162. The molecule has 3 rings (SSSR count). The highest BCUT2D eigenvalue weighted by atomic mass is 127. The quantitative estimate of drug-likeness (QED) is 0.656. The lowest BCUT2D eigenvalue weighted by Crippen LogP contribution is -2.23. The van der Waals surface area contributed by atoms with E-state index in [1.54, 1.807) is 0 Å². The van der Waals surface area contributed by atoms with Crippen LogP contribution in [0.1, 0.15) is 46.8 Å². The lowest BCUT2D eigenvalue weighted by molar-refractivity contribution is 0.0766. The molecule has 1 aliphatic heterocycles. The second-order valence-electron chi connectivity index (χ2n) is 5.86. The third-order valence-corrected chi connectivity index (χ3v) is 5.08. The number of rotatable bonds is 5. The SMILES string of the molecule is CCCCc1ccc(CN2Cc3cccc(I)c3C2=O)cc1. The van der Waals surface area contributed by atoms with Crippen LogP contribution < -0.4 is 0 Å². The Morgan fingerprint density at radius 3 is 2.50 bits per heavy atom. The van der Waals surface area contributed by atoms with Crippen molar-refractivity contribution in [1.29, 1.82) is 0 Å². The molecule has 0 atom stereocenters. The van der Waals surface area contributed by atoms with E-state index in [4.69, 9.17) is 0 Å². The fraction of sp³-hybridized carbons (Fsp3) is 0.316. The summed E-state index contributed by atoms with van der Waals surface area (Å²) in [4.78, 5) is 14.5. The summed E-state index contributed by atoms with van der Waals surface area (Å²) in [5.41, 5.74) is 4.63. The van der Waals surface area contributed by atoms with Gasteiger partial charge in [-0.25, -0.2) is 0 Å². The lowest BCUT2D eigenvalue weighted by Gasteiger charge is -2.16. The van der Waals surface area contributed by atoms with Gasteiger partial charge >= 0.3 is 0 Å². The monoisotopic (exact) mass is 405 g/mol. The fourth-order valence-corrected chi connectivity index (χ4v) is 3.70. The molecule has 1 amide bonds. The Bertz CT molecular complexity index is 678. The van der Waals surface area contributed by atoms with Gasteiger partial charge in [0.1, 0.15) is 0 Å². The minimum Gasteiger partial charge on any atom is -0.330 e. The first kappa shape index (κ1) is 15.5. The summed E-state index contributed by atoms with van der Waals surface area (Å²) in [6.45, 7) is 3.63. The van der Waals surface area contributed by atoms with Gasteiger partial charge in [-0.3, -0.25) is 4.79 Å². The molecule has 3 heteroatoms. The first-order valence-electron chi connectivity index (χ1n) is 7.83. The molecule has 2 nitrogen and oxygen atoms in total. The standard InChI is InChI=1S/C19H20INO/c1-2-3-5-14-8-10-15(11-9-14)12-21-13-16-6-4-7-17(20)18(16)19(21)22/h4,6-11H,2-3,5,12-13H2,1H3. The number of aryl methyl sites for hydroxylation is 1. The number of benzene rings is 2. The molecule has 0 saturated heterocycles. The molecule has 0 aliphatic carbocycles. The number of carbonyl (C=O) groups excluding carboxylic acids is 1. The molecule has 0 unspecified atom stereocenters. The average Bonchev–Trinajstić information content (AvgIpc) is 2.84. The van der Waals surface area contributed by atoms with Crippen molar-refractivity contribution in [2.24, 2.45) is 0 Å². The zero-order valence-corrected chi connectivity index (χ0v) is 15.0. The van der Waals surface area contributed by atoms with Gasteiger partial charge in [0, 0.05) is 16.7 Å². The Labute approximate surface area is 145 Å². The lowest BCUT2D eigenvalue weighted by atomic mass is 10.1. The number of carbonyl (C=O) groups is 1. The van der Waals surface area contributed by atoms with Crippen LogP contribution in [0.15, 0.2) is 42.5 Å². The van der Waals surface area contributed by atoms with Crippen molar-refractivity contribution in [3.05, 3.63) is 68.3 Å². The molecule has 0 saturated carbocycles. The minimum absolute atomic E-state index is 0.162. The van der Waals surface area contributed by atoms with Crippen LogP contribution in [-0.2, 0) is 19.5 Å². The Kier molecular flexibility index (Phi) is 4.81. The van der Waals surface area contributed by atoms with E-state index in [1.807, 2.05) is 17.0 Å². The number of hydrogen-bond donors (Lipinski definition) is 0. The first-order valence-corrected chi connectivity index (χ1v) is 8.91. The Morgan fingerprint density at radius 1 is 1.09 bits per heavy atom. The van der Waals surface area contributed by atoms with Crippen LogP contribution in [0.25, 0.3) is 0 Å². The van der Waals surface area contributed by atoms with Gasteiger partial charge in [-0.1, -0.05) is 49.7 Å². The van der Waals surface area contributed by atoms with Crippen molar-refractivity contribution in [1.82, 2.24) is 4.90 Å². The number of fused-ring (bicyclic) bond motifs is 1. The molecule has 114 valence electrons. The topological polar surface area (TPSA) is 20.3 Å². The molecular formula is C19H20INO. The Balaban J connectivity index is 1.70. The summed E-state index contributed by atoms with van der Waals surface area (Å²) < 4.78 is 1.05. The van der Waals surface area contributed by atoms with Crippen molar-refractivity contribution >= 4 is 28.5 Å². The van der Waals surface area contributed by atoms with E-state index in [9.17, 15) is 4.79 Å². The number of nitrogens with zero attached hydrogens (tertiary/aromatic N) is 1. The Morgan fingerprint density at radius 2 is 1.82 bits per heavy atom. The Hall–Kier alpha value is -1.36. The van der Waals surface area contributed by atoms with Crippen LogP contribution in [0.2, 0.25) is 0 Å². The van der Waals surface area contributed by atoms with Gasteiger partial charge in [0.2, 0.25) is 0 Å². The summed E-state index contributed by atoms with van der Waals surface area (Å²) in [7, 11) is 0. The molecule has 0 bridgehead atoms. The predicted molar refractivity (Wildman–Crippen MR) is 97.8 cm³/mol. The maximum Gasteiger partial charge on any atom is 0.255 e. The molecule has 2 aromatic carbocycles. The van der Waals surface area contributed by atoms with Crippen molar-refractivity contribution in [2.45, 2.75) is 39.3 Å². The second kappa shape index (κ2) is 6.82. The van der Waals surface area contributed by atoms with Crippen LogP contribution in [0.4, 0.5) is 0 Å². The van der Waals surface area contributed by atoms with Crippen LogP contribution >= 0.6 is 22.6 Å². The molecule has 0 N–H and O–H groups in total. The van der Waals surface area contributed by atoms with Gasteiger partial charge in [-0.15, -0.1) is 0 Å². The predicted octanol–water partition coefficient (Wildman–Crippen LogP) is 4.79. The maximum atomic E-state index is 12.6. The van der Waals surface area contributed by atoms with E-state index >= 15 is 0 Å². The van der Waals surface area contributed by atoms with Crippen molar-refractivity contribution < 1.29 is 4.79 Å². The first-order chi connectivity index (χ1) is 10.7. The molecule has 0 aromatic heterocycles. The molecule has 0 fully saturated rings. The van der Waals surface area contributed by atoms with Gasteiger partial charge in [-0.05, 0) is 58.2 Å². The minimum atomic E-state index is 0.162. The maximum absolute atomic E-state index is 12.6. The summed E-state index contributed by atoms with van der Waals surface area (Å²) in [6, 6.07) is 14.8. The van der Waals surface area contributed by atoms with E-state index in [0.717, 1.165) is 27.7 Å². The molecular weight excluding hydrogens is 385 g/mol. The third-order valence-electron chi connectivity index (χ3n) is 4.18. The van der Waals surface area contributed by atoms with Crippen LogP contribution in [-0.4, -0.2) is 10.8 Å². The summed E-state index contributed by atoms with van der Waals surface area (Å²) in [5, 5.41) is 0.